The molecule has 116 valence electrons. The summed E-state index contributed by atoms with van der Waals surface area (Å²) in [4.78, 5) is 27.2. The molecule has 1 unspecified atom stereocenters. The van der Waals surface area contributed by atoms with Crippen molar-refractivity contribution in [2.75, 3.05) is 13.7 Å². The summed E-state index contributed by atoms with van der Waals surface area (Å²) < 4.78 is 4.60. The van der Waals surface area contributed by atoms with Crippen LogP contribution in [0.5, 0.6) is 0 Å². The molecule has 1 aromatic heterocycles. The molecule has 0 bridgehead atoms. The quantitative estimate of drug-likeness (QED) is 0.736. The van der Waals surface area contributed by atoms with Gasteiger partial charge in [0.15, 0.2) is 0 Å². The van der Waals surface area contributed by atoms with Crippen LogP contribution in [0.4, 0.5) is 0 Å². The Morgan fingerprint density at radius 2 is 2.00 bits per heavy atom. The normalized spacial score (nSPS) is 12.0. The largest absolute Gasteiger partial charge is 0.465 e. The highest BCUT2D eigenvalue weighted by atomic mass is 16.5. The molecule has 21 heavy (non-hydrogen) atoms. The molecule has 0 radical (unpaired) electrons. The van der Waals surface area contributed by atoms with Gasteiger partial charge < -0.3 is 15.4 Å². The summed E-state index contributed by atoms with van der Waals surface area (Å²) in [6.45, 7) is 7.02. The second kappa shape index (κ2) is 8.36. The van der Waals surface area contributed by atoms with Gasteiger partial charge in [-0.15, -0.1) is 0 Å². The highest BCUT2D eigenvalue weighted by Gasteiger charge is 2.12. The number of aromatic nitrogens is 1. The number of rotatable bonds is 7. The molecule has 0 aliphatic rings. The number of pyridine rings is 1. The molecule has 1 aromatic rings. The van der Waals surface area contributed by atoms with E-state index < -0.39 is 5.97 Å². The van der Waals surface area contributed by atoms with Crippen LogP contribution in [-0.2, 0) is 16.1 Å². The predicted octanol–water partition coefficient (Wildman–Crippen LogP) is 1.12. The second-order valence-corrected chi connectivity index (χ2v) is 5.27. The number of nitrogens with zero attached hydrogens (tertiary/aromatic N) is 1. The zero-order valence-corrected chi connectivity index (χ0v) is 13.0. The first-order chi connectivity index (χ1) is 9.93. The zero-order chi connectivity index (χ0) is 15.8. The van der Waals surface area contributed by atoms with Crippen molar-refractivity contribution in [3.8, 4) is 0 Å². The Morgan fingerprint density at radius 3 is 2.52 bits per heavy atom. The number of carbonyl (C=O) groups excluding carboxylic acids is 2. The maximum atomic E-state index is 11.8. The van der Waals surface area contributed by atoms with E-state index in [0.717, 1.165) is 5.69 Å². The van der Waals surface area contributed by atoms with Gasteiger partial charge >= 0.3 is 5.97 Å². The SMILES string of the molecule is COC(=O)c1ccc(CNC(C)C(=O)NCC(C)C)nc1. The summed E-state index contributed by atoms with van der Waals surface area (Å²) in [6, 6.07) is 3.09. The fourth-order valence-electron chi connectivity index (χ4n) is 1.58. The molecular weight excluding hydrogens is 270 g/mol. The van der Waals surface area contributed by atoms with Crippen molar-refractivity contribution in [2.24, 2.45) is 5.92 Å². The van der Waals surface area contributed by atoms with Crippen molar-refractivity contribution in [1.29, 1.82) is 0 Å². The van der Waals surface area contributed by atoms with Crippen LogP contribution < -0.4 is 10.6 Å². The van der Waals surface area contributed by atoms with Crippen LogP contribution in [-0.4, -0.2) is 36.6 Å². The lowest BCUT2D eigenvalue weighted by Gasteiger charge is -2.15. The van der Waals surface area contributed by atoms with E-state index in [9.17, 15) is 9.59 Å². The molecule has 1 rings (SSSR count). The van der Waals surface area contributed by atoms with Gasteiger partial charge in [0.2, 0.25) is 5.91 Å². The topological polar surface area (TPSA) is 80.3 Å². The van der Waals surface area contributed by atoms with E-state index in [1.54, 1.807) is 19.1 Å². The molecule has 6 nitrogen and oxygen atoms in total. The molecule has 0 fully saturated rings. The lowest BCUT2D eigenvalue weighted by atomic mass is 10.2. The minimum atomic E-state index is -0.413. The first kappa shape index (κ1) is 17.1. The number of hydrogen-bond acceptors (Lipinski definition) is 5. The summed E-state index contributed by atoms with van der Waals surface area (Å²) >= 11 is 0. The number of amides is 1. The standard InChI is InChI=1S/C15H23N3O3/c1-10(2)7-18-14(19)11(3)16-9-13-6-5-12(8-17-13)15(20)21-4/h5-6,8,10-11,16H,7,9H2,1-4H3,(H,18,19). The molecule has 1 amide bonds. The molecule has 2 N–H and O–H groups in total. The lowest BCUT2D eigenvalue weighted by Crippen LogP contribution is -2.43. The maximum Gasteiger partial charge on any atom is 0.339 e. The highest BCUT2D eigenvalue weighted by Crippen LogP contribution is 2.02. The number of esters is 1. The Hall–Kier alpha value is -1.95. The van der Waals surface area contributed by atoms with Gasteiger partial charge in [0.1, 0.15) is 0 Å². The average molecular weight is 293 g/mol. The lowest BCUT2D eigenvalue weighted by molar-refractivity contribution is -0.122. The molecular formula is C15H23N3O3. The summed E-state index contributed by atoms with van der Waals surface area (Å²) in [5.41, 5.74) is 1.16. The molecule has 1 heterocycles. The monoisotopic (exact) mass is 293 g/mol. The Morgan fingerprint density at radius 1 is 1.29 bits per heavy atom. The second-order valence-electron chi connectivity index (χ2n) is 5.27. The molecule has 0 spiro atoms. The summed E-state index contributed by atoms with van der Waals surface area (Å²) in [5.74, 6) is -0.0213. The third-order valence-electron chi connectivity index (χ3n) is 2.91. The van der Waals surface area contributed by atoms with E-state index in [-0.39, 0.29) is 11.9 Å². The van der Waals surface area contributed by atoms with Crippen LogP contribution >= 0.6 is 0 Å². The van der Waals surface area contributed by atoms with Crippen molar-refractivity contribution in [1.82, 2.24) is 15.6 Å². The Labute approximate surface area is 125 Å². The summed E-state index contributed by atoms with van der Waals surface area (Å²) in [6.07, 6.45) is 1.46. The van der Waals surface area contributed by atoms with Crippen molar-refractivity contribution in [2.45, 2.75) is 33.4 Å². The van der Waals surface area contributed by atoms with E-state index in [1.165, 1.54) is 13.3 Å². The number of hydrogen-bond donors (Lipinski definition) is 2. The predicted molar refractivity (Wildman–Crippen MR) is 79.7 cm³/mol. The van der Waals surface area contributed by atoms with Crippen LogP contribution in [0.2, 0.25) is 0 Å². The Balaban J connectivity index is 2.44. The van der Waals surface area contributed by atoms with Gasteiger partial charge in [-0.1, -0.05) is 13.8 Å². The third-order valence-corrected chi connectivity index (χ3v) is 2.91. The number of methoxy groups -OCH3 is 1. The molecule has 0 aliphatic heterocycles. The van der Waals surface area contributed by atoms with Crippen molar-refractivity contribution >= 4 is 11.9 Å². The molecule has 1 atom stereocenters. The molecule has 0 aliphatic carbocycles. The zero-order valence-electron chi connectivity index (χ0n) is 13.0. The first-order valence-corrected chi connectivity index (χ1v) is 6.98. The summed E-state index contributed by atoms with van der Waals surface area (Å²) in [5, 5.41) is 5.96. The van der Waals surface area contributed by atoms with Gasteiger partial charge in [-0.05, 0) is 25.0 Å². The molecule has 0 saturated heterocycles. The van der Waals surface area contributed by atoms with E-state index in [2.05, 4.69) is 20.4 Å². The van der Waals surface area contributed by atoms with E-state index in [1.807, 2.05) is 13.8 Å². The molecule has 6 heteroatoms. The number of nitrogens with one attached hydrogen (secondary N) is 2. The van der Waals surface area contributed by atoms with Gasteiger partial charge in [-0.25, -0.2) is 4.79 Å². The summed E-state index contributed by atoms with van der Waals surface area (Å²) in [7, 11) is 1.33. The van der Waals surface area contributed by atoms with E-state index in [0.29, 0.717) is 24.6 Å². The van der Waals surface area contributed by atoms with E-state index in [4.69, 9.17) is 0 Å². The smallest absolute Gasteiger partial charge is 0.339 e. The first-order valence-electron chi connectivity index (χ1n) is 6.98. The van der Waals surface area contributed by atoms with Crippen LogP contribution in [0.15, 0.2) is 18.3 Å². The fourth-order valence-corrected chi connectivity index (χ4v) is 1.58. The van der Waals surface area contributed by atoms with Crippen LogP contribution in [0.3, 0.4) is 0 Å². The van der Waals surface area contributed by atoms with Gasteiger partial charge in [0.25, 0.3) is 0 Å². The Bertz CT molecular complexity index is 472. The van der Waals surface area contributed by atoms with E-state index >= 15 is 0 Å². The van der Waals surface area contributed by atoms with Crippen LogP contribution in [0, 0.1) is 5.92 Å². The number of carbonyl (C=O) groups is 2. The van der Waals surface area contributed by atoms with Crippen molar-refractivity contribution in [3.05, 3.63) is 29.6 Å². The number of ether oxygens (including phenoxy) is 1. The van der Waals surface area contributed by atoms with Gasteiger partial charge in [0, 0.05) is 19.3 Å². The molecule has 0 aromatic carbocycles. The van der Waals surface area contributed by atoms with Gasteiger partial charge in [-0.3, -0.25) is 9.78 Å². The highest BCUT2D eigenvalue weighted by molar-refractivity contribution is 5.88. The van der Waals surface area contributed by atoms with Gasteiger partial charge in [-0.2, -0.15) is 0 Å². The average Bonchev–Trinajstić information content (AvgIpc) is 2.49. The molecule has 0 saturated carbocycles. The Kier molecular flexibility index (Phi) is 6.81. The van der Waals surface area contributed by atoms with Crippen LogP contribution in [0.1, 0.15) is 36.8 Å². The van der Waals surface area contributed by atoms with Crippen molar-refractivity contribution in [3.63, 3.8) is 0 Å². The van der Waals surface area contributed by atoms with Crippen LogP contribution in [0.25, 0.3) is 0 Å². The minimum Gasteiger partial charge on any atom is -0.465 e. The maximum absolute atomic E-state index is 11.8. The third kappa shape index (κ3) is 5.91. The van der Waals surface area contributed by atoms with Crippen molar-refractivity contribution < 1.29 is 14.3 Å². The fraction of sp³-hybridized carbons (Fsp3) is 0.533. The van der Waals surface area contributed by atoms with Gasteiger partial charge in [0.05, 0.1) is 24.4 Å². The minimum absolute atomic E-state index is 0.0325.